The molecule has 693 valence electrons. The maximum Gasteiger partial charge on any atom is 0.226 e. The summed E-state index contributed by atoms with van der Waals surface area (Å²) < 4.78 is 30.2. The van der Waals surface area contributed by atoms with E-state index in [4.69, 9.17) is 23.7 Å². The molecule has 12 unspecified atom stereocenters. The number of fused-ring (bicyclic) bond motifs is 4. The molecular weight excluding hydrogens is 1510 g/mol. The Bertz CT molecular complexity index is 3110. The van der Waals surface area contributed by atoms with Crippen molar-refractivity contribution < 1.29 is 23.7 Å². The third kappa shape index (κ3) is 52.9. The Morgan fingerprint density at radius 2 is 0.500 bits per heavy atom. The van der Waals surface area contributed by atoms with E-state index >= 15 is 0 Å². The molecule has 4 fully saturated rings. The highest BCUT2D eigenvalue weighted by molar-refractivity contribution is 5.76. The van der Waals surface area contributed by atoms with Crippen LogP contribution in [0.25, 0.3) is 0 Å². The fraction of sp³-hybridized carbons (Fsp3) is 0.691. The predicted molar refractivity (Wildman–Crippen MR) is 545 cm³/mol. The maximum atomic E-state index is 6.15. The molecule has 6 aliphatic carbocycles. The van der Waals surface area contributed by atoms with Crippen LogP contribution in [0, 0.1) is 88.9 Å². The van der Waals surface area contributed by atoms with Crippen molar-refractivity contribution in [3.8, 4) is 35.1 Å². The Hall–Kier alpha value is -7.58. The molecule has 5 N–H and O–H groups in total. The lowest BCUT2D eigenvalue weighted by Gasteiger charge is -2.29. The molecule has 4 saturated carbocycles. The van der Waals surface area contributed by atoms with E-state index in [2.05, 4.69) is 128 Å². The summed E-state index contributed by atoms with van der Waals surface area (Å²) in [5.74, 6) is 12.2. The molecule has 1 aromatic carbocycles. The number of anilines is 5. The normalized spacial score (nSPS) is 18.6. The van der Waals surface area contributed by atoms with Crippen LogP contribution in [0.1, 0.15) is 333 Å². The minimum atomic E-state index is 0. The van der Waals surface area contributed by atoms with E-state index in [1.54, 1.807) is 13.2 Å². The number of aryl methyl sites for hydroxylation is 6. The van der Waals surface area contributed by atoms with E-state index in [-0.39, 0.29) is 54.3 Å². The van der Waals surface area contributed by atoms with Crippen LogP contribution in [-0.4, -0.2) is 152 Å². The van der Waals surface area contributed by atoms with Crippen molar-refractivity contribution in [1.29, 1.82) is 0 Å². The van der Waals surface area contributed by atoms with Crippen molar-refractivity contribution in [2.45, 2.75) is 366 Å². The first-order valence-corrected chi connectivity index (χ1v) is 46.3. The molecule has 25 heteroatoms. The minimum absolute atomic E-state index is 0. The fourth-order valence-corrected chi connectivity index (χ4v) is 12.0. The van der Waals surface area contributed by atoms with Crippen molar-refractivity contribution in [1.82, 2.24) is 49.8 Å². The van der Waals surface area contributed by atoms with E-state index in [0.717, 1.165) is 63.7 Å². The molecule has 4 bridgehead atoms. The molecule has 15 radical (unpaired) electrons. The molecule has 12 rings (SSSR count). The molecule has 6 aliphatic rings. The predicted octanol–water partition coefficient (Wildman–Crippen LogP) is 26.8. The summed E-state index contributed by atoms with van der Waals surface area (Å²) in [5, 5.41) is 14.7. The lowest BCUT2D eigenvalue weighted by molar-refractivity contribution is 0.0967. The zero-order valence-corrected chi connectivity index (χ0v) is 86.9. The van der Waals surface area contributed by atoms with Gasteiger partial charge in [-0.25, -0.2) is 24.9 Å². The smallest absolute Gasteiger partial charge is 0.226 e. The largest absolute Gasteiger partial charge is 0.474 e. The van der Waals surface area contributed by atoms with E-state index in [1.807, 2.05) is 326 Å². The van der Waals surface area contributed by atoms with Gasteiger partial charge in [0, 0.05) is 148 Å². The summed E-state index contributed by atoms with van der Waals surface area (Å²) in [5.41, 5.74) is 5.98. The van der Waals surface area contributed by atoms with E-state index < -0.39 is 0 Å². The van der Waals surface area contributed by atoms with Gasteiger partial charge in [-0.05, 0) is 140 Å². The average molecular weight is 1700 g/mol. The molecule has 20 nitrogen and oxygen atoms in total. The minimum Gasteiger partial charge on any atom is -0.474 e. The molecule has 0 amide bonds. The standard InChI is InChI=1S/2C14H19N3O.2C13H21N3O.C13H15N3O.15C2H6.5B/c2*1-8-7-16-14(15-3)17-13(8)18-12-9(2)10-4-5-11(12)6-10;3*1-9-6-4-5-7-11(9)17-12-10(2)8-15-13(14-3)16-12;15*1-2;;;;;/h2*4-5,7,9-12H,6H2,1-3H3,(H,15,16,17);2*8-9,11H,4-7H2,1-3H3,(H,14,15,16);4-8H,1-3H3,(H,14,15,16);15*1-2H3;;;;;. The number of benzene rings is 1. The third-order valence-electron chi connectivity index (χ3n) is 17.7. The highest BCUT2D eigenvalue weighted by Crippen LogP contribution is 2.47. The van der Waals surface area contributed by atoms with Gasteiger partial charge in [0.05, 0.1) is 0 Å². The van der Waals surface area contributed by atoms with Crippen LogP contribution in [-0.2, 0) is 0 Å². The SMILES string of the molecule is CC.CC.CC.CC.CC.CC.CC.CC.CC.CC.CC.CC.CC.CC.CC.CNc1ncc(C)c(OC2C3C=CC(C3)C2C)n1.CNc1ncc(C)c(OC2C3C=CC(C3)C2C)n1.CNc1ncc(C)c(OC2CCCCC2C)n1.CNc1ncc(C)c(OC2CCCCC2C)n1.CNc1ncc(C)c(Oc2ccccc2C)n1.[B].[B].[B].[B].[B]. The van der Waals surface area contributed by atoms with Gasteiger partial charge in [-0.15, -0.1) is 0 Å². The van der Waals surface area contributed by atoms with E-state index in [0.29, 0.717) is 107 Å². The van der Waals surface area contributed by atoms with Crippen LogP contribution >= 0.6 is 0 Å². The molecule has 0 aliphatic heterocycles. The topological polar surface area (TPSA) is 235 Å². The summed E-state index contributed by atoms with van der Waals surface area (Å²) in [7, 11) is 9.05. The molecule has 122 heavy (non-hydrogen) atoms. The van der Waals surface area contributed by atoms with Crippen LogP contribution in [0.4, 0.5) is 29.7 Å². The number of hydrogen-bond donors (Lipinski definition) is 5. The zero-order chi connectivity index (χ0) is 92.1. The van der Waals surface area contributed by atoms with Gasteiger partial charge in [-0.1, -0.05) is 291 Å². The van der Waals surface area contributed by atoms with Crippen LogP contribution in [0.15, 0.2) is 79.6 Å². The molecular formula is C97H185B5N15O5. The first kappa shape index (κ1) is 143. The van der Waals surface area contributed by atoms with Gasteiger partial charge < -0.3 is 50.3 Å². The van der Waals surface area contributed by atoms with Crippen LogP contribution in [0.3, 0.4) is 0 Å². The van der Waals surface area contributed by atoms with Gasteiger partial charge in [-0.3, -0.25) is 0 Å². The average Bonchev–Trinajstić information content (AvgIpc) is 1.64. The van der Waals surface area contributed by atoms with Crippen LogP contribution < -0.4 is 50.3 Å². The first-order chi connectivity index (χ1) is 57.0. The number of nitrogens with one attached hydrogen (secondary N) is 5. The molecule has 5 aromatic heterocycles. The second-order valence-corrected chi connectivity index (χ2v) is 24.1. The summed E-state index contributed by atoms with van der Waals surface area (Å²) in [6.45, 7) is 81.0. The van der Waals surface area contributed by atoms with Crippen molar-refractivity contribution in [2.75, 3.05) is 61.8 Å². The maximum absolute atomic E-state index is 6.15. The van der Waals surface area contributed by atoms with Crippen LogP contribution in [0.5, 0.6) is 35.1 Å². The van der Waals surface area contributed by atoms with Gasteiger partial charge in [0.2, 0.25) is 59.1 Å². The summed E-state index contributed by atoms with van der Waals surface area (Å²) in [6.07, 6.45) is 31.8. The second-order valence-electron chi connectivity index (χ2n) is 24.1. The Morgan fingerprint density at radius 3 is 0.730 bits per heavy atom. The summed E-state index contributed by atoms with van der Waals surface area (Å²) >= 11 is 0. The number of nitrogens with zero attached hydrogens (tertiary/aromatic N) is 10. The molecule has 0 saturated heterocycles. The van der Waals surface area contributed by atoms with Crippen molar-refractivity contribution in [3.05, 3.63) is 113 Å². The number of para-hydroxylation sites is 1. The van der Waals surface area contributed by atoms with Crippen LogP contribution in [0.2, 0.25) is 0 Å². The monoisotopic (exact) mass is 1700 g/mol. The fourth-order valence-electron chi connectivity index (χ4n) is 12.0. The molecule has 12 atom stereocenters. The summed E-state index contributed by atoms with van der Waals surface area (Å²) in [6, 6.07) is 7.85. The van der Waals surface area contributed by atoms with Gasteiger partial charge in [-0.2, -0.15) is 24.9 Å². The summed E-state index contributed by atoms with van der Waals surface area (Å²) in [4.78, 5) is 42.7. The number of allylic oxidation sites excluding steroid dienone is 2. The number of ether oxygens (including phenoxy) is 5. The lowest BCUT2D eigenvalue weighted by atomic mass is 9.88. The zero-order valence-electron chi connectivity index (χ0n) is 86.9. The van der Waals surface area contributed by atoms with Gasteiger partial charge in [0.1, 0.15) is 30.2 Å². The molecule has 0 spiro atoms. The first-order valence-electron chi connectivity index (χ1n) is 46.3. The number of rotatable bonds is 15. The Kier molecular flexibility index (Phi) is 112. The Labute approximate surface area is 763 Å². The van der Waals surface area contributed by atoms with Gasteiger partial charge in [0.25, 0.3) is 0 Å². The number of hydrogen-bond acceptors (Lipinski definition) is 20. The lowest BCUT2D eigenvalue weighted by Crippen LogP contribution is -2.29. The second kappa shape index (κ2) is 95.7. The van der Waals surface area contributed by atoms with Crippen molar-refractivity contribution in [2.24, 2.45) is 47.3 Å². The molecule has 6 aromatic rings. The van der Waals surface area contributed by atoms with Gasteiger partial charge >= 0.3 is 0 Å². The van der Waals surface area contributed by atoms with Crippen molar-refractivity contribution in [3.63, 3.8) is 0 Å². The Balaban J connectivity index is -0.000000101. The third-order valence-corrected chi connectivity index (χ3v) is 17.7. The van der Waals surface area contributed by atoms with E-state index in [1.165, 1.54) is 51.4 Å². The van der Waals surface area contributed by atoms with E-state index in [9.17, 15) is 0 Å². The van der Waals surface area contributed by atoms with Gasteiger partial charge in [0.15, 0.2) is 0 Å². The molecule has 5 heterocycles. The van der Waals surface area contributed by atoms with Crippen molar-refractivity contribution >= 4 is 71.8 Å². The highest BCUT2D eigenvalue weighted by atomic mass is 16.5. The Morgan fingerprint density at radius 1 is 0.279 bits per heavy atom. The number of aromatic nitrogens is 10. The quantitative estimate of drug-likeness (QED) is 0.0475. The highest BCUT2D eigenvalue weighted by Gasteiger charge is 2.45.